The number of hydrogen-bond acceptors (Lipinski definition) is 2. The lowest BCUT2D eigenvalue weighted by molar-refractivity contribution is -0.120. The molecule has 0 heterocycles. The van der Waals surface area contributed by atoms with Gasteiger partial charge in [0.25, 0.3) is 0 Å². The summed E-state index contributed by atoms with van der Waals surface area (Å²) in [6.07, 6.45) is 1.82. The lowest BCUT2D eigenvalue weighted by Gasteiger charge is -2.25. The summed E-state index contributed by atoms with van der Waals surface area (Å²) in [5, 5.41) is 0. The third-order valence-electron chi connectivity index (χ3n) is 4.09. The van der Waals surface area contributed by atoms with E-state index in [-0.39, 0.29) is 11.3 Å². The number of benzene rings is 2. The minimum absolute atomic E-state index is 0.126. The standard InChI is InChI=1S/C17H18N2O/c1-19(15-10-6-5-9-14(15)18)16(20)17(11-12-17)13-7-3-2-4-8-13/h2-10H,11-12,18H2,1H3. The summed E-state index contributed by atoms with van der Waals surface area (Å²) in [5.74, 6) is 0.126. The van der Waals surface area contributed by atoms with E-state index in [1.54, 1.807) is 11.9 Å². The van der Waals surface area contributed by atoms with E-state index in [1.807, 2.05) is 54.6 Å². The van der Waals surface area contributed by atoms with Crippen LogP contribution in [-0.2, 0) is 10.2 Å². The molecule has 0 unspecified atom stereocenters. The zero-order chi connectivity index (χ0) is 14.2. The highest BCUT2D eigenvalue weighted by Crippen LogP contribution is 2.50. The first kappa shape index (κ1) is 12.7. The van der Waals surface area contributed by atoms with Crippen molar-refractivity contribution in [1.82, 2.24) is 0 Å². The van der Waals surface area contributed by atoms with Crippen LogP contribution in [0.5, 0.6) is 0 Å². The van der Waals surface area contributed by atoms with Gasteiger partial charge in [-0.1, -0.05) is 42.5 Å². The first-order valence-corrected chi connectivity index (χ1v) is 6.83. The van der Waals surface area contributed by atoms with Gasteiger partial charge in [-0.25, -0.2) is 0 Å². The predicted molar refractivity (Wildman–Crippen MR) is 81.6 cm³/mol. The minimum atomic E-state index is -0.349. The first-order valence-electron chi connectivity index (χ1n) is 6.83. The molecule has 2 aromatic carbocycles. The molecule has 1 amide bonds. The smallest absolute Gasteiger partial charge is 0.237 e. The second-order valence-corrected chi connectivity index (χ2v) is 5.37. The van der Waals surface area contributed by atoms with E-state index < -0.39 is 0 Å². The molecule has 20 heavy (non-hydrogen) atoms. The number of nitrogens with two attached hydrogens (primary N) is 1. The Morgan fingerprint density at radius 3 is 2.25 bits per heavy atom. The number of nitrogens with zero attached hydrogens (tertiary/aromatic N) is 1. The number of para-hydroxylation sites is 2. The summed E-state index contributed by atoms with van der Waals surface area (Å²) in [4.78, 5) is 14.5. The van der Waals surface area contributed by atoms with Crippen molar-refractivity contribution in [2.45, 2.75) is 18.3 Å². The van der Waals surface area contributed by atoms with E-state index in [1.165, 1.54) is 0 Å². The maximum absolute atomic E-state index is 12.9. The zero-order valence-electron chi connectivity index (χ0n) is 11.5. The summed E-state index contributed by atoms with van der Waals surface area (Å²) in [6, 6.07) is 17.5. The van der Waals surface area contributed by atoms with Crippen molar-refractivity contribution < 1.29 is 4.79 Å². The summed E-state index contributed by atoms with van der Waals surface area (Å²) in [7, 11) is 1.80. The molecule has 1 fully saturated rings. The van der Waals surface area contributed by atoms with Crippen molar-refractivity contribution in [3.05, 3.63) is 60.2 Å². The lowest BCUT2D eigenvalue weighted by Crippen LogP contribution is -2.36. The van der Waals surface area contributed by atoms with Gasteiger partial charge < -0.3 is 10.6 Å². The molecule has 0 radical (unpaired) electrons. The van der Waals surface area contributed by atoms with Gasteiger partial charge in [-0.15, -0.1) is 0 Å². The van der Waals surface area contributed by atoms with Crippen LogP contribution in [0.15, 0.2) is 54.6 Å². The molecule has 102 valence electrons. The van der Waals surface area contributed by atoms with E-state index in [2.05, 4.69) is 0 Å². The Balaban J connectivity index is 1.92. The quantitative estimate of drug-likeness (QED) is 0.868. The number of anilines is 2. The second kappa shape index (κ2) is 4.67. The lowest BCUT2D eigenvalue weighted by atomic mass is 9.94. The van der Waals surface area contributed by atoms with Gasteiger partial charge in [0.15, 0.2) is 0 Å². The largest absolute Gasteiger partial charge is 0.397 e. The molecule has 0 bridgehead atoms. The Labute approximate surface area is 119 Å². The maximum Gasteiger partial charge on any atom is 0.237 e. The molecular weight excluding hydrogens is 248 g/mol. The Kier molecular flexibility index (Phi) is 2.97. The molecule has 3 heteroatoms. The average Bonchev–Trinajstić information content (AvgIpc) is 3.29. The number of likely N-dealkylation sites (N-methyl/N-ethyl adjacent to an activating group) is 1. The Morgan fingerprint density at radius 1 is 1.05 bits per heavy atom. The number of rotatable bonds is 3. The molecule has 0 spiro atoms. The highest BCUT2D eigenvalue weighted by molar-refractivity contribution is 6.04. The van der Waals surface area contributed by atoms with Gasteiger partial charge in [0, 0.05) is 7.05 Å². The molecule has 1 saturated carbocycles. The van der Waals surface area contributed by atoms with Crippen LogP contribution in [0.1, 0.15) is 18.4 Å². The normalized spacial score (nSPS) is 15.7. The SMILES string of the molecule is CN(C(=O)C1(c2ccccc2)CC1)c1ccccc1N. The molecule has 1 aliphatic rings. The van der Waals surface area contributed by atoms with Crippen molar-refractivity contribution in [3.63, 3.8) is 0 Å². The van der Waals surface area contributed by atoms with E-state index in [0.29, 0.717) is 5.69 Å². The number of carbonyl (C=O) groups excluding carboxylic acids is 1. The van der Waals surface area contributed by atoms with Crippen molar-refractivity contribution in [2.75, 3.05) is 17.7 Å². The monoisotopic (exact) mass is 266 g/mol. The van der Waals surface area contributed by atoms with Gasteiger partial charge >= 0.3 is 0 Å². The van der Waals surface area contributed by atoms with Gasteiger partial charge in [-0.2, -0.15) is 0 Å². The van der Waals surface area contributed by atoms with Gasteiger partial charge in [0.05, 0.1) is 16.8 Å². The Hall–Kier alpha value is -2.29. The molecule has 3 nitrogen and oxygen atoms in total. The predicted octanol–water partition coefficient (Wildman–Crippen LogP) is 2.96. The summed E-state index contributed by atoms with van der Waals surface area (Å²) < 4.78 is 0. The number of carbonyl (C=O) groups is 1. The van der Waals surface area contributed by atoms with Gasteiger partial charge in [0.2, 0.25) is 5.91 Å². The van der Waals surface area contributed by atoms with Crippen molar-refractivity contribution in [3.8, 4) is 0 Å². The number of nitrogen functional groups attached to an aromatic ring is 1. The first-order chi connectivity index (χ1) is 9.65. The topological polar surface area (TPSA) is 46.3 Å². The fraction of sp³-hybridized carbons (Fsp3) is 0.235. The van der Waals surface area contributed by atoms with Crippen LogP contribution in [-0.4, -0.2) is 13.0 Å². The zero-order valence-corrected chi connectivity index (χ0v) is 11.5. The van der Waals surface area contributed by atoms with Crippen LogP contribution < -0.4 is 10.6 Å². The van der Waals surface area contributed by atoms with Crippen LogP contribution in [0.3, 0.4) is 0 Å². The molecule has 2 N–H and O–H groups in total. The summed E-state index contributed by atoms with van der Waals surface area (Å²) >= 11 is 0. The number of amides is 1. The molecule has 0 saturated heterocycles. The molecule has 2 aromatic rings. The molecule has 1 aliphatic carbocycles. The Morgan fingerprint density at radius 2 is 1.65 bits per heavy atom. The highest BCUT2D eigenvalue weighted by atomic mass is 16.2. The van der Waals surface area contributed by atoms with Crippen LogP contribution in [0.2, 0.25) is 0 Å². The van der Waals surface area contributed by atoms with Crippen LogP contribution in [0.25, 0.3) is 0 Å². The number of hydrogen-bond donors (Lipinski definition) is 1. The van der Waals surface area contributed by atoms with Crippen LogP contribution in [0, 0.1) is 0 Å². The van der Waals surface area contributed by atoms with Crippen LogP contribution >= 0.6 is 0 Å². The van der Waals surface area contributed by atoms with Crippen molar-refractivity contribution >= 4 is 17.3 Å². The minimum Gasteiger partial charge on any atom is -0.397 e. The van der Waals surface area contributed by atoms with Crippen molar-refractivity contribution in [2.24, 2.45) is 0 Å². The summed E-state index contributed by atoms with van der Waals surface area (Å²) in [5.41, 5.74) is 8.13. The molecule has 3 rings (SSSR count). The molecular formula is C17H18N2O. The Bertz CT molecular complexity index is 632. The summed E-state index contributed by atoms with van der Waals surface area (Å²) in [6.45, 7) is 0. The fourth-order valence-corrected chi connectivity index (χ4v) is 2.73. The van der Waals surface area contributed by atoms with Gasteiger partial charge in [-0.05, 0) is 30.5 Å². The highest BCUT2D eigenvalue weighted by Gasteiger charge is 2.52. The molecule has 0 aliphatic heterocycles. The molecule has 0 aromatic heterocycles. The van der Waals surface area contributed by atoms with Crippen LogP contribution in [0.4, 0.5) is 11.4 Å². The maximum atomic E-state index is 12.9. The van der Waals surface area contributed by atoms with E-state index in [0.717, 1.165) is 24.1 Å². The molecule has 0 atom stereocenters. The fourth-order valence-electron chi connectivity index (χ4n) is 2.73. The third-order valence-corrected chi connectivity index (χ3v) is 4.09. The van der Waals surface area contributed by atoms with Gasteiger partial charge in [0.1, 0.15) is 0 Å². The average molecular weight is 266 g/mol. The second-order valence-electron chi connectivity index (χ2n) is 5.37. The van der Waals surface area contributed by atoms with Gasteiger partial charge in [-0.3, -0.25) is 4.79 Å². The van der Waals surface area contributed by atoms with Crippen molar-refractivity contribution in [1.29, 1.82) is 0 Å². The van der Waals surface area contributed by atoms with E-state index in [9.17, 15) is 4.79 Å². The third kappa shape index (κ3) is 1.95. The van der Waals surface area contributed by atoms with E-state index in [4.69, 9.17) is 5.73 Å². The van der Waals surface area contributed by atoms with E-state index >= 15 is 0 Å².